The van der Waals surface area contributed by atoms with E-state index in [0.29, 0.717) is 0 Å². The molecule has 4 aromatic carbocycles. The van der Waals surface area contributed by atoms with E-state index in [4.69, 9.17) is 9.72 Å². The molecule has 2 aromatic heterocycles. The van der Waals surface area contributed by atoms with Gasteiger partial charge in [-0.2, -0.15) is 0 Å². The summed E-state index contributed by atoms with van der Waals surface area (Å²) in [5.41, 5.74) is 8.19. The van der Waals surface area contributed by atoms with Gasteiger partial charge in [-0.15, -0.1) is 0 Å². The van der Waals surface area contributed by atoms with Gasteiger partial charge in [-0.05, 0) is 91.3 Å². The van der Waals surface area contributed by atoms with Crippen LogP contribution >= 0.6 is 0 Å². The molecule has 6 aromatic rings. The van der Waals surface area contributed by atoms with Gasteiger partial charge in [-0.25, -0.2) is 4.98 Å². The zero-order valence-corrected chi connectivity index (χ0v) is 29.2. The number of para-hydroxylation sites is 3. The fourth-order valence-corrected chi connectivity index (χ4v) is 6.83. The molecule has 0 bridgehead atoms. The number of anilines is 3. The molecule has 0 amide bonds. The first-order chi connectivity index (χ1) is 22.2. The molecule has 0 saturated carbocycles. The lowest BCUT2D eigenvalue weighted by Gasteiger charge is -2.34. The Labute approximate surface area is 279 Å². The maximum absolute atomic E-state index is 6.80. The van der Waals surface area contributed by atoms with Crippen molar-refractivity contribution in [1.82, 2.24) is 9.55 Å². The fourth-order valence-electron chi connectivity index (χ4n) is 6.83. The summed E-state index contributed by atoms with van der Waals surface area (Å²) in [7, 11) is 0. The SMILES string of the molecule is CC(C)(C)c1ccnc(-n2c3ccccc3c3c(C(C)(C)C)cc(Oc4cccc(N5CN(C(C)(C)C)c6ccccc65)c4)cc32)c1. The molecule has 240 valence electrons. The van der Waals surface area contributed by atoms with Crippen molar-refractivity contribution in [3.05, 3.63) is 114 Å². The third-order valence-electron chi connectivity index (χ3n) is 9.32. The molecular formula is C42H46N4O. The predicted octanol–water partition coefficient (Wildman–Crippen LogP) is 11.3. The van der Waals surface area contributed by atoms with Crippen LogP contribution in [-0.2, 0) is 10.8 Å². The van der Waals surface area contributed by atoms with Gasteiger partial charge < -0.3 is 14.5 Å². The number of fused-ring (bicyclic) bond motifs is 4. The van der Waals surface area contributed by atoms with Crippen LogP contribution in [0.5, 0.6) is 11.5 Å². The zero-order chi connectivity index (χ0) is 33.3. The molecule has 0 saturated heterocycles. The van der Waals surface area contributed by atoms with E-state index in [-0.39, 0.29) is 16.4 Å². The zero-order valence-electron chi connectivity index (χ0n) is 29.2. The second-order valence-electron chi connectivity index (χ2n) is 15.9. The summed E-state index contributed by atoms with van der Waals surface area (Å²) in [5.74, 6) is 2.54. The Morgan fingerprint density at radius 1 is 0.638 bits per heavy atom. The van der Waals surface area contributed by atoms with Crippen LogP contribution in [0.1, 0.15) is 73.4 Å². The van der Waals surface area contributed by atoms with E-state index in [1.807, 2.05) is 6.20 Å². The lowest BCUT2D eigenvalue weighted by molar-refractivity contribution is 0.479. The number of hydrogen-bond acceptors (Lipinski definition) is 4. The summed E-state index contributed by atoms with van der Waals surface area (Å²) >= 11 is 0. The molecule has 0 aliphatic carbocycles. The molecule has 0 radical (unpaired) electrons. The summed E-state index contributed by atoms with van der Waals surface area (Å²) in [6.45, 7) is 21.2. The number of ether oxygens (including phenoxy) is 1. The molecule has 5 heteroatoms. The lowest BCUT2D eigenvalue weighted by Crippen LogP contribution is -2.42. The van der Waals surface area contributed by atoms with Gasteiger partial charge in [0.05, 0.1) is 29.1 Å². The summed E-state index contributed by atoms with van der Waals surface area (Å²) in [6.07, 6.45) is 1.93. The first-order valence-corrected chi connectivity index (χ1v) is 16.7. The van der Waals surface area contributed by atoms with Crippen LogP contribution in [0.4, 0.5) is 17.1 Å². The van der Waals surface area contributed by atoms with E-state index < -0.39 is 0 Å². The van der Waals surface area contributed by atoms with E-state index in [1.165, 1.54) is 33.3 Å². The third kappa shape index (κ3) is 5.52. The summed E-state index contributed by atoms with van der Waals surface area (Å²) < 4.78 is 9.10. The van der Waals surface area contributed by atoms with Crippen molar-refractivity contribution >= 4 is 38.9 Å². The highest BCUT2D eigenvalue weighted by molar-refractivity contribution is 6.11. The Kier molecular flexibility index (Phi) is 7.16. The second-order valence-corrected chi connectivity index (χ2v) is 15.9. The van der Waals surface area contributed by atoms with Crippen LogP contribution in [-0.4, -0.2) is 21.8 Å². The van der Waals surface area contributed by atoms with Crippen molar-refractivity contribution in [2.75, 3.05) is 16.5 Å². The highest BCUT2D eigenvalue weighted by Gasteiger charge is 2.33. The topological polar surface area (TPSA) is 33.5 Å². The van der Waals surface area contributed by atoms with Gasteiger partial charge >= 0.3 is 0 Å². The van der Waals surface area contributed by atoms with Crippen molar-refractivity contribution in [3.63, 3.8) is 0 Å². The minimum atomic E-state index is -0.120. The largest absolute Gasteiger partial charge is 0.457 e. The van der Waals surface area contributed by atoms with Gasteiger partial charge in [0, 0.05) is 40.3 Å². The number of rotatable bonds is 4. The minimum Gasteiger partial charge on any atom is -0.457 e. The molecule has 1 aliphatic rings. The molecule has 0 unspecified atom stereocenters. The molecule has 0 fully saturated rings. The van der Waals surface area contributed by atoms with Crippen molar-refractivity contribution in [2.24, 2.45) is 0 Å². The summed E-state index contributed by atoms with van der Waals surface area (Å²) in [6, 6.07) is 34.6. The van der Waals surface area contributed by atoms with E-state index in [2.05, 4.69) is 174 Å². The van der Waals surface area contributed by atoms with Crippen LogP contribution in [0, 0.1) is 0 Å². The van der Waals surface area contributed by atoms with Gasteiger partial charge in [-0.3, -0.25) is 4.57 Å². The Hall–Kier alpha value is -4.77. The Morgan fingerprint density at radius 2 is 1.36 bits per heavy atom. The highest BCUT2D eigenvalue weighted by atomic mass is 16.5. The normalized spacial score (nSPS) is 13.9. The third-order valence-corrected chi connectivity index (χ3v) is 9.32. The first-order valence-electron chi connectivity index (χ1n) is 16.7. The van der Waals surface area contributed by atoms with Crippen LogP contribution in [0.3, 0.4) is 0 Å². The average Bonchev–Trinajstić information content (AvgIpc) is 3.57. The molecule has 0 spiro atoms. The van der Waals surface area contributed by atoms with Crippen molar-refractivity contribution in [1.29, 1.82) is 0 Å². The van der Waals surface area contributed by atoms with Crippen LogP contribution in [0.15, 0.2) is 103 Å². The van der Waals surface area contributed by atoms with Gasteiger partial charge in [0.2, 0.25) is 0 Å². The molecule has 47 heavy (non-hydrogen) atoms. The molecule has 5 nitrogen and oxygen atoms in total. The van der Waals surface area contributed by atoms with E-state index >= 15 is 0 Å². The number of aromatic nitrogens is 2. The fraction of sp³-hybridized carbons (Fsp3) is 0.310. The number of pyridine rings is 1. The maximum Gasteiger partial charge on any atom is 0.137 e. The standard InChI is InChI=1S/C42H46N4O/c1-40(2,3)28-21-22-43-38(23-28)46-34-18-11-10-17-32(34)39-33(41(4,5)6)25-31(26-37(39)46)47-30-16-14-15-29(24-30)44-27-45(42(7,8)9)36-20-13-12-19-35(36)44/h10-26H,27H2,1-9H3. The maximum atomic E-state index is 6.80. The first kappa shape index (κ1) is 30.9. The summed E-state index contributed by atoms with van der Waals surface area (Å²) in [4.78, 5) is 9.75. The van der Waals surface area contributed by atoms with E-state index in [0.717, 1.165) is 40.7 Å². The van der Waals surface area contributed by atoms with Crippen molar-refractivity contribution in [2.45, 2.75) is 78.7 Å². The Morgan fingerprint density at radius 3 is 2.09 bits per heavy atom. The van der Waals surface area contributed by atoms with Crippen LogP contribution in [0.2, 0.25) is 0 Å². The molecule has 0 N–H and O–H groups in total. The summed E-state index contributed by atoms with van der Waals surface area (Å²) in [5, 5.41) is 2.47. The van der Waals surface area contributed by atoms with Gasteiger partial charge in [0.15, 0.2) is 0 Å². The Balaban J connectivity index is 1.36. The monoisotopic (exact) mass is 622 g/mol. The van der Waals surface area contributed by atoms with Gasteiger partial charge in [0.25, 0.3) is 0 Å². The second kappa shape index (κ2) is 10.9. The van der Waals surface area contributed by atoms with Gasteiger partial charge in [0.1, 0.15) is 17.3 Å². The van der Waals surface area contributed by atoms with Crippen LogP contribution < -0.4 is 14.5 Å². The van der Waals surface area contributed by atoms with E-state index in [1.54, 1.807) is 0 Å². The lowest BCUT2D eigenvalue weighted by atomic mass is 9.84. The quantitative estimate of drug-likeness (QED) is 0.196. The average molecular weight is 623 g/mol. The van der Waals surface area contributed by atoms with Crippen molar-refractivity contribution in [3.8, 4) is 17.3 Å². The Bertz CT molecular complexity index is 2120. The van der Waals surface area contributed by atoms with Gasteiger partial charge in [-0.1, -0.05) is 77.9 Å². The van der Waals surface area contributed by atoms with Crippen molar-refractivity contribution < 1.29 is 4.74 Å². The molecule has 1 aliphatic heterocycles. The van der Waals surface area contributed by atoms with Crippen LogP contribution in [0.25, 0.3) is 27.6 Å². The smallest absolute Gasteiger partial charge is 0.137 e. The van der Waals surface area contributed by atoms with E-state index in [9.17, 15) is 0 Å². The predicted molar refractivity (Wildman–Crippen MR) is 198 cm³/mol. The highest BCUT2D eigenvalue weighted by Crippen LogP contribution is 2.45. The number of benzene rings is 4. The molecular weight excluding hydrogens is 576 g/mol. The minimum absolute atomic E-state index is 0.00254. The number of nitrogens with zero attached hydrogens (tertiary/aromatic N) is 4. The molecule has 3 heterocycles. The number of hydrogen-bond donors (Lipinski definition) is 0. The molecule has 0 atom stereocenters. The molecule has 7 rings (SSSR count).